The number of aromatic nitrogens is 1. The molecule has 3 aromatic rings. The highest BCUT2D eigenvalue weighted by Crippen LogP contribution is 2.22. The molecule has 2 aromatic carbocycles. The van der Waals surface area contributed by atoms with Gasteiger partial charge in [-0.2, -0.15) is 4.57 Å². The number of halogens is 2. The SMILES string of the molecule is C[n+]1c(/C=C/c2ccccc2Cl)sc2ccccc21.[I-]. The Hall–Kier alpha value is -0.910. The summed E-state index contributed by atoms with van der Waals surface area (Å²) < 4.78 is 3.50. The van der Waals surface area contributed by atoms with Crippen molar-refractivity contribution in [2.75, 3.05) is 0 Å². The van der Waals surface area contributed by atoms with E-state index in [1.165, 1.54) is 15.2 Å². The first kappa shape index (κ1) is 15.5. The molecule has 0 fully saturated rings. The highest BCUT2D eigenvalue weighted by molar-refractivity contribution is 7.18. The zero-order valence-corrected chi connectivity index (χ0v) is 14.6. The fraction of sp³-hybridized carbons (Fsp3) is 0.0625. The number of nitrogens with zero attached hydrogens (tertiary/aromatic N) is 1. The van der Waals surface area contributed by atoms with Crippen LogP contribution in [-0.4, -0.2) is 0 Å². The van der Waals surface area contributed by atoms with Crippen molar-refractivity contribution in [1.29, 1.82) is 0 Å². The Morgan fingerprint density at radius 3 is 2.45 bits per heavy atom. The minimum Gasteiger partial charge on any atom is -1.00 e. The molecule has 20 heavy (non-hydrogen) atoms. The van der Waals surface area contributed by atoms with Gasteiger partial charge in [-0.05, 0) is 23.8 Å². The smallest absolute Gasteiger partial charge is 0.262 e. The Balaban J connectivity index is 0.00000147. The minimum absolute atomic E-state index is 0. The van der Waals surface area contributed by atoms with Crippen LogP contribution >= 0.6 is 22.9 Å². The van der Waals surface area contributed by atoms with Crippen molar-refractivity contribution in [2.45, 2.75) is 0 Å². The van der Waals surface area contributed by atoms with Gasteiger partial charge in [-0.3, -0.25) is 0 Å². The van der Waals surface area contributed by atoms with E-state index in [0.29, 0.717) is 0 Å². The molecule has 0 spiro atoms. The van der Waals surface area contributed by atoms with Crippen LogP contribution in [0.4, 0.5) is 0 Å². The summed E-state index contributed by atoms with van der Waals surface area (Å²) in [4.78, 5) is 0. The van der Waals surface area contributed by atoms with Gasteiger partial charge in [0.25, 0.3) is 5.01 Å². The highest BCUT2D eigenvalue weighted by Gasteiger charge is 2.13. The number of thiazole rings is 1. The predicted molar refractivity (Wildman–Crippen MR) is 83.4 cm³/mol. The molecular formula is C16H13ClINS. The molecule has 4 heteroatoms. The molecule has 1 aromatic heterocycles. The zero-order valence-electron chi connectivity index (χ0n) is 10.9. The Bertz CT molecular complexity index is 764. The lowest BCUT2D eigenvalue weighted by atomic mass is 10.2. The molecule has 0 bridgehead atoms. The molecule has 1 nitrogen and oxygen atoms in total. The van der Waals surface area contributed by atoms with E-state index in [4.69, 9.17) is 11.6 Å². The van der Waals surface area contributed by atoms with E-state index in [-0.39, 0.29) is 24.0 Å². The van der Waals surface area contributed by atoms with Crippen LogP contribution in [0, 0.1) is 0 Å². The van der Waals surface area contributed by atoms with Crippen LogP contribution in [0.3, 0.4) is 0 Å². The molecule has 0 aliphatic carbocycles. The standard InChI is InChI=1S/C16H13ClNS.HI/c1-18-14-8-4-5-9-15(14)19-16(18)11-10-12-6-2-3-7-13(12)17;/h2-11H,1H3;1H/q+1;/p-1/b11-10+;. The third-order valence-electron chi connectivity index (χ3n) is 3.08. The minimum atomic E-state index is 0. The fourth-order valence-electron chi connectivity index (χ4n) is 2.04. The number of aryl methyl sites for hydroxylation is 1. The molecule has 0 unspecified atom stereocenters. The fourth-order valence-corrected chi connectivity index (χ4v) is 3.29. The molecule has 0 atom stereocenters. The van der Waals surface area contributed by atoms with Crippen LogP contribution in [0.2, 0.25) is 5.02 Å². The van der Waals surface area contributed by atoms with Gasteiger partial charge in [-0.25, -0.2) is 0 Å². The van der Waals surface area contributed by atoms with E-state index in [9.17, 15) is 0 Å². The monoisotopic (exact) mass is 413 g/mol. The van der Waals surface area contributed by atoms with E-state index in [1.807, 2.05) is 24.3 Å². The van der Waals surface area contributed by atoms with Gasteiger partial charge >= 0.3 is 0 Å². The van der Waals surface area contributed by atoms with Crippen molar-refractivity contribution >= 4 is 45.3 Å². The molecule has 1 heterocycles. The molecule has 0 N–H and O–H groups in total. The maximum Gasteiger partial charge on any atom is 0.262 e. The van der Waals surface area contributed by atoms with Crippen LogP contribution in [0.5, 0.6) is 0 Å². The molecule has 0 aliphatic heterocycles. The van der Waals surface area contributed by atoms with E-state index in [2.05, 4.69) is 48.0 Å². The zero-order chi connectivity index (χ0) is 13.2. The number of fused-ring (bicyclic) bond motifs is 1. The predicted octanol–water partition coefficient (Wildman–Crippen LogP) is 1.55. The molecule has 0 saturated heterocycles. The number of rotatable bonds is 2. The second kappa shape index (κ2) is 6.70. The summed E-state index contributed by atoms with van der Waals surface area (Å²) in [7, 11) is 2.09. The van der Waals surface area contributed by atoms with Crippen molar-refractivity contribution in [2.24, 2.45) is 7.05 Å². The lowest BCUT2D eigenvalue weighted by Crippen LogP contribution is -3.00. The summed E-state index contributed by atoms with van der Waals surface area (Å²) in [5.74, 6) is 0. The van der Waals surface area contributed by atoms with Crippen LogP contribution in [0.25, 0.3) is 22.4 Å². The molecule has 3 rings (SSSR count). The number of benzene rings is 2. The molecular weight excluding hydrogens is 401 g/mol. The third kappa shape index (κ3) is 3.05. The highest BCUT2D eigenvalue weighted by atomic mass is 127. The van der Waals surface area contributed by atoms with Gasteiger partial charge in [0, 0.05) is 17.2 Å². The van der Waals surface area contributed by atoms with Crippen LogP contribution in [-0.2, 0) is 7.05 Å². The largest absolute Gasteiger partial charge is 1.00 e. The van der Waals surface area contributed by atoms with E-state index in [0.717, 1.165) is 10.6 Å². The lowest BCUT2D eigenvalue weighted by Gasteiger charge is -1.94. The second-order valence-corrected chi connectivity index (χ2v) is 5.79. The number of hydrogen-bond donors (Lipinski definition) is 0. The summed E-state index contributed by atoms with van der Waals surface area (Å²) in [6.07, 6.45) is 4.18. The summed E-state index contributed by atoms with van der Waals surface area (Å²) in [6, 6.07) is 16.3. The van der Waals surface area contributed by atoms with Crippen molar-refractivity contribution < 1.29 is 28.5 Å². The molecule has 0 amide bonds. The Kier molecular flexibility index (Phi) is 5.18. The third-order valence-corrected chi connectivity index (χ3v) is 4.61. The quantitative estimate of drug-likeness (QED) is 0.443. The van der Waals surface area contributed by atoms with Gasteiger partial charge in [0.2, 0.25) is 5.52 Å². The molecule has 0 radical (unpaired) electrons. The lowest BCUT2D eigenvalue weighted by molar-refractivity contribution is -0.642. The Morgan fingerprint density at radius 2 is 1.70 bits per heavy atom. The number of hydrogen-bond acceptors (Lipinski definition) is 1. The van der Waals surface area contributed by atoms with Gasteiger partial charge in [-0.15, -0.1) is 0 Å². The maximum atomic E-state index is 6.15. The summed E-state index contributed by atoms with van der Waals surface area (Å²) in [5.41, 5.74) is 2.30. The summed E-state index contributed by atoms with van der Waals surface area (Å²) in [5, 5.41) is 1.99. The summed E-state index contributed by atoms with van der Waals surface area (Å²) in [6.45, 7) is 0. The molecule has 102 valence electrons. The van der Waals surface area contributed by atoms with Gasteiger partial charge < -0.3 is 24.0 Å². The first-order chi connectivity index (χ1) is 9.25. The van der Waals surface area contributed by atoms with E-state index < -0.39 is 0 Å². The van der Waals surface area contributed by atoms with Crippen LogP contribution < -0.4 is 28.5 Å². The molecule has 0 aliphatic rings. The topological polar surface area (TPSA) is 3.88 Å². The van der Waals surface area contributed by atoms with Gasteiger partial charge in [0.15, 0.2) is 0 Å². The van der Waals surface area contributed by atoms with Crippen molar-refractivity contribution in [3.8, 4) is 0 Å². The normalized spacial score (nSPS) is 10.9. The van der Waals surface area contributed by atoms with Gasteiger partial charge in [0.05, 0.1) is 0 Å². The Labute approximate surface area is 144 Å². The van der Waals surface area contributed by atoms with Crippen LogP contribution in [0.15, 0.2) is 48.5 Å². The van der Waals surface area contributed by atoms with Gasteiger partial charge in [-0.1, -0.05) is 53.3 Å². The van der Waals surface area contributed by atoms with E-state index in [1.54, 1.807) is 11.3 Å². The van der Waals surface area contributed by atoms with E-state index >= 15 is 0 Å². The van der Waals surface area contributed by atoms with Crippen LogP contribution in [0.1, 0.15) is 10.6 Å². The van der Waals surface area contributed by atoms with Crippen molar-refractivity contribution in [3.63, 3.8) is 0 Å². The first-order valence-electron chi connectivity index (χ1n) is 6.06. The summed E-state index contributed by atoms with van der Waals surface area (Å²) >= 11 is 7.94. The van der Waals surface area contributed by atoms with Crippen molar-refractivity contribution in [3.05, 3.63) is 64.1 Å². The average Bonchev–Trinajstić information content (AvgIpc) is 2.75. The Morgan fingerprint density at radius 1 is 1.00 bits per heavy atom. The average molecular weight is 414 g/mol. The number of para-hydroxylation sites is 1. The maximum absolute atomic E-state index is 6.15. The van der Waals surface area contributed by atoms with Gasteiger partial charge in [0.1, 0.15) is 11.7 Å². The second-order valence-electron chi connectivity index (χ2n) is 4.32. The molecule has 0 saturated carbocycles. The van der Waals surface area contributed by atoms with Crippen molar-refractivity contribution in [1.82, 2.24) is 0 Å². The first-order valence-corrected chi connectivity index (χ1v) is 7.25.